The summed E-state index contributed by atoms with van der Waals surface area (Å²) in [7, 11) is 0. The van der Waals surface area contributed by atoms with Crippen molar-refractivity contribution in [2.75, 3.05) is 6.54 Å². The van der Waals surface area contributed by atoms with Crippen LogP contribution in [0.1, 0.15) is 40.7 Å². The fourth-order valence-corrected chi connectivity index (χ4v) is 2.71. The number of carboxylic acid groups (broad SMARTS) is 1. The fraction of sp³-hybridized carbons (Fsp3) is 0.333. The Morgan fingerprint density at radius 3 is 2.90 bits per heavy atom. The average molecular weight is 272 g/mol. The number of hydrogen-bond acceptors (Lipinski definition) is 4. The van der Waals surface area contributed by atoms with Crippen LogP contribution in [0.5, 0.6) is 0 Å². The van der Waals surface area contributed by atoms with E-state index >= 15 is 0 Å². The fourth-order valence-electron chi connectivity index (χ4n) is 2.71. The Labute approximate surface area is 116 Å². The molecule has 1 fully saturated rings. The van der Waals surface area contributed by atoms with Crippen molar-refractivity contribution in [1.29, 1.82) is 0 Å². The zero-order valence-corrected chi connectivity index (χ0v) is 11.0. The Morgan fingerprint density at radius 1 is 1.40 bits per heavy atom. The molecule has 0 aliphatic carbocycles. The number of rotatable bonds is 4. The highest BCUT2D eigenvalue weighted by molar-refractivity contribution is 5.84. The standard InChI is InChI=1S/C15H16N2O3/c18-15(19)14-9-12(16-20-14)13-7-4-8-17(13)10-11-5-2-1-3-6-11/h1-3,5-6,9,13H,4,7-8,10H2,(H,18,19). The van der Waals surface area contributed by atoms with Gasteiger partial charge in [0.15, 0.2) is 0 Å². The molecular formula is C15H16N2O3. The van der Waals surface area contributed by atoms with Gasteiger partial charge in [-0.25, -0.2) is 4.79 Å². The first-order valence-electron chi connectivity index (χ1n) is 6.72. The van der Waals surface area contributed by atoms with Crippen molar-refractivity contribution in [3.63, 3.8) is 0 Å². The summed E-state index contributed by atoms with van der Waals surface area (Å²) in [6, 6.07) is 11.9. The molecule has 0 bridgehead atoms. The van der Waals surface area contributed by atoms with Crippen LogP contribution in [0.4, 0.5) is 0 Å². The van der Waals surface area contributed by atoms with Crippen molar-refractivity contribution in [3.8, 4) is 0 Å². The molecule has 2 aromatic rings. The minimum Gasteiger partial charge on any atom is -0.475 e. The molecule has 3 rings (SSSR count). The molecule has 1 aromatic heterocycles. The minimum absolute atomic E-state index is 0.0911. The van der Waals surface area contributed by atoms with E-state index in [0.29, 0.717) is 0 Å². The first-order chi connectivity index (χ1) is 9.74. The van der Waals surface area contributed by atoms with Gasteiger partial charge < -0.3 is 9.63 Å². The number of benzene rings is 1. The molecule has 0 spiro atoms. The SMILES string of the molecule is O=C(O)c1cc(C2CCCN2Cc2ccccc2)no1. The Bertz CT molecular complexity index is 594. The molecule has 1 unspecified atom stereocenters. The average Bonchev–Trinajstić information content (AvgIpc) is 3.08. The van der Waals surface area contributed by atoms with E-state index in [2.05, 4.69) is 22.2 Å². The van der Waals surface area contributed by atoms with Crippen molar-refractivity contribution in [1.82, 2.24) is 10.1 Å². The highest BCUT2D eigenvalue weighted by atomic mass is 16.5. The number of carbonyl (C=O) groups is 1. The van der Waals surface area contributed by atoms with Gasteiger partial charge in [0, 0.05) is 12.6 Å². The summed E-state index contributed by atoms with van der Waals surface area (Å²) in [5.41, 5.74) is 1.97. The number of hydrogen-bond donors (Lipinski definition) is 1. The van der Waals surface area contributed by atoms with Crippen LogP contribution in [0.2, 0.25) is 0 Å². The molecule has 1 atom stereocenters. The van der Waals surface area contributed by atoms with Gasteiger partial charge in [0.25, 0.3) is 0 Å². The van der Waals surface area contributed by atoms with Gasteiger partial charge in [-0.05, 0) is 24.9 Å². The molecule has 1 saturated heterocycles. The lowest BCUT2D eigenvalue weighted by atomic mass is 10.1. The van der Waals surface area contributed by atoms with E-state index in [9.17, 15) is 4.79 Å². The first-order valence-corrected chi connectivity index (χ1v) is 6.72. The van der Waals surface area contributed by atoms with Crippen LogP contribution >= 0.6 is 0 Å². The second-order valence-corrected chi connectivity index (χ2v) is 5.04. The van der Waals surface area contributed by atoms with Gasteiger partial charge in [-0.15, -0.1) is 0 Å². The monoisotopic (exact) mass is 272 g/mol. The van der Waals surface area contributed by atoms with Gasteiger partial charge in [-0.3, -0.25) is 4.90 Å². The van der Waals surface area contributed by atoms with Gasteiger partial charge in [0.2, 0.25) is 5.76 Å². The molecule has 0 saturated carbocycles. The molecule has 0 amide bonds. The largest absolute Gasteiger partial charge is 0.475 e. The topological polar surface area (TPSA) is 66.6 Å². The van der Waals surface area contributed by atoms with Crippen LogP contribution in [-0.4, -0.2) is 27.7 Å². The van der Waals surface area contributed by atoms with Gasteiger partial charge in [0.1, 0.15) is 5.69 Å². The van der Waals surface area contributed by atoms with Crippen LogP contribution < -0.4 is 0 Å². The molecule has 1 N–H and O–H groups in total. The summed E-state index contributed by atoms with van der Waals surface area (Å²) in [6.45, 7) is 1.84. The molecule has 5 heteroatoms. The van der Waals surface area contributed by atoms with Crippen molar-refractivity contribution in [3.05, 3.63) is 53.4 Å². The van der Waals surface area contributed by atoms with Crippen LogP contribution in [0.3, 0.4) is 0 Å². The zero-order valence-electron chi connectivity index (χ0n) is 11.0. The minimum atomic E-state index is -1.07. The zero-order chi connectivity index (χ0) is 13.9. The van der Waals surface area contributed by atoms with E-state index in [4.69, 9.17) is 9.63 Å². The van der Waals surface area contributed by atoms with Gasteiger partial charge in [0.05, 0.1) is 6.04 Å². The maximum absolute atomic E-state index is 10.9. The molecule has 104 valence electrons. The van der Waals surface area contributed by atoms with Gasteiger partial charge in [-0.1, -0.05) is 35.5 Å². The summed E-state index contributed by atoms with van der Waals surface area (Å²) >= 11 is 0. The van der Waals surface area contributed by atoms with Gasteiger partial charge >= 0.3 is 5.97 Å². The summed E-state index contributed by atoms with van der Waals surface area (Å²) in [5.74, 6) is -1.16. The van der Waals surface area contributed by atoms with Gasteiger partial charge in [-0.2, -0.15) is 0 Å². The first kappa shape index (κ1) is 12.9. The lowest BCUT2D eigenvalue weighted by molar-refractivity contribution is 0.0651. The maximum atomic E-state index is 10.9. The molecule has 20 heavy (non-hydrogen) atoms. The Balaban J connectivity index is 1.76. The summed E-state index contributed by atoms with van der Waals surface area (Å²) < 4.78 is 4.86. The van der Waals surface area contributed by atoms with E-state index in [-0.39, 0.29) is 11.8 Å². The molecule has 0 radical (unpaired) electrons. The van der Waals surface area contributed by atoms with E-state index < -0.39 is 5.97 Å². The molecule has 1 aromatic carbocycles. The summed E-state index contributed by atoms with van der Waals surface area (Å²) in [5, 5.41) is 12.8. The van der Waals surface area contributed by atoms with Crippen LogP contribution in [0.15, 0.2) is 40.9 Å². The number of aromatic nitrogens is 1. The third-order valence-electron chi connectivity index (χ3n) is 3.67. The highest BCUT2D eigenvalue weighted by Crippen LogP contribution is 2.32. The smallest absolute Gasteiger partial charge is 0.374 e. The second kappa shape index (κ2) is 5.46. The molecular weight excluding hydrogens is 256 g/mol. The maximum Gasteiger partial charge on any atom is 0.374 e. The van der Waals surface area contributed by atoms with Crippen LogP contribution in [0.25, 0.3) is 0 Å². The van der Waals surface area contributed by atoms with Crippen molar-refractivity contribution in [2.45, 2.75) is 25.4 Å². The lowest BCUT2D eigenvalue weighted by Crippen LogP contribution is -2.22. The van der Waals surface area contributed by atoms with Crippen molar-refractivity contribution >= 4 is 5.97 Å². The number of aromatic carboxylic acids is 1. The van der Waals surface area contributed by atoms with E-state index in [0.717, 1.165) is 31.6 Å². The number of likely N-dealkylation sites (tertiary alicyclic amines) is 1. The Morgan fingerprint density at radius 2 is 2.20 bits per heavy atom. The number of nitrogens with zero attached hydrogens (tertiary/aromatic N) is 2. The molecule has 1 aliphatic rings. The van der Waals surface area contributed by atoms with E-state index in [1.165, 1.54) is 11.6 Å². The van der Waals surface area contributed by atoms with Crippen LogP contribution in [-0.2, 0) is 6.54 Å². The summed E-state index contributed by atoms with van der Waals surface area (Å²) in [4.78, 5) is 13.2. The molecule has 1 aliphatic heterocycles. The Hall–Kier alpha value is -2.14. The van der Waals surface area contributed by atoms with Crippen molar-refractivity contribution < 1.29 is 14.4 Å². The summed E-state index contributed by atoms with van der Waals surface area (Å²) in [6.07, 6.45) is 2.07. The lowest BCUT2D eigenvalue weighted by Gasteiger charge is -2.22. The molecule has 5 nitrogen and oxygen atoms in total. The van der Waals surface area contributed by atoms with Crippen molar-refractivity contribution in [2.24, 2.45) is 0 Å². The third kappa shape index (κ3) is 2.58. The van der Waals surface area contributed by atoms with E-state index in [1.54, 1.807) is 0 Å². The predicted octanol–water partition coefficient (Wildman–Crippen LogP) is 2.71. The normalized spacial score (nSPS) is 19.3. The Kier molecular flexibility index (Phi) is 3.52. The van der Waals surface area contributed by atoms with E-state index in [1.807, 2.05) is 18.2 Å². The highest BCUT2D eigenvalue weighted by Gasteiger charge is 2.29. The second-order valence-electron chi connectivity index (χ2n) is 5.04. The molecule has 2 heterocycles. The van der Waals surface area contributed by atoms with Crippen LogP contribution in [0, 0.1) is 0 Å². The predicted molar refractivity (Wildman–Crippen MR) is 72.3 cm³/mol. The number of carboxylic acids is 1. The third-order valence-corrected chi connectivity index (χ3v) is 3.67. The quantitative estimate of drug-likeness (QED) is 0.927.